The third-order valence-corrected chi connectivity index (χ3v) is 12.0. The molecule has 35 heteroatoms. The van der Waals surface area contributed by atoms with Gasteiger partial charge in [-0.25, -0.2) is 42.3 Å². The first-order chi connectivity index (χ1) is 34.2. The Bertz CT molecular complexity index is 2540. The summed E-state index contributed by atoms with van der Waals surface area (Å²) in [6, 6.07) is 0. The third kappa shape index (κ3) is 7.02. The van der Waals surface area contributed by atoms with Gasteiger partial charge in [0.05, 0.1) is 0 Å². The summed E-state index contributed by atoms with van der Waals surface area (Å²) in [6.07, 6.45) is -8.09. The second-order valence-electron chi connectivity index (χ2n) is 15.8. The van der Waals surface area contributed by atoms with Gasteiger partial charge in [-0.2, -0.15) is 79.0 Å². The highest BCUT2D eigenvalue weighted by Gasteiger charge is 3.11. The first-order valence-corrected chi connectivity index (χ1v) is 19.4. The molecule has 1 N–H and O–H groups in total. The van der Waals surface area contributed by atoms with Gasteiger partial charge in [-0.05, 0) is 0 Å². The average molecular weight is 1140 g/mol. The van der Waals surface area contributed by atoms with Crippen LogP contribution in [0.4, 0.5) is 87.8 Å². The SMILES string of the molecule is C=CC(=O)OC1(CF)CC2(OC(=O)C=C)C(F)(F)C(F)(OC(=O)C=C)C(F)(F)C(OC(=O)C=C)(C1(F)F)C2(F)F.C=CC(=O)OC1(F)C(F)(F)C2(OC(=O)C=C)CC(O)(CF)C(F)(F)C(OC(=O)C=C)(C1(F)F)C2(F)F. The molecule has 8 atom stereocenters. The van der Waals surface area contributed by atoms with Crippen molar-refractivity contribution in [2.45, 2.75) is 106 Å². The molecule has 0 radical (unpaired) electrons. The van der Waals surface area contributed by atoms with Gasteiger partial charge in [0.2, 0.25) is 5.60 Å². The molecule has 0 heterocycles. The monoisotopic (exact) mass is 1140 g/mol. The Labute approximate surface area is 409 Å². The Hall–Kier alpha value is -6.97. The minimum atomic E-state index is -7.31. The largest absolute Gasteiger partial charge is 0.446 e. The van der Waals surface area contributed by atoms with Gasteiger partial charge in [-0.3, -0.25) is 0 Å². The first kappa shape index (κ1) is 63.3. The van der Waals surface area contributed by atoms with Crippen molar-refractivity contribution in [3.63, 3.8) is 0 Å². The normalized spacial score (nSPS) is 35.6. The third-order valence-electron chi connectivity index (χ3n) is 12.0. The van der Waals surface area contributed by atoms with E-state index in [1.54, 1.807) is 0 Å². The van der Waals surface area contributed by atoms with Gasteiger partial charge in [0.15, 0.2) is 5.60 Å². The Balaban J connectivity index is 0.000000402. The van der Waals surface area contributed by atoms with Crippen LogP contribution < -0.4 is 0 Å². The van der Waals surface area contributed by atoms with Crippen molar-refractivity contribution < 1.29 is 160 Å². The van der Waals surface area contributed by atoms with E-state index in [4.69, 9.17) is 0 Å². The smallest absolute Gasteiger partial charge is 0.386 e. The van der Waals surface area contributed by atoms with Crippen molar-refractivity contribution in [3.05, 3.63) is 88.6 Å². The van der Waals surface area contributed by atoms with Crippen molar-refractivity contribution in [2.75, 3.05) is 13.3 Å². The summed E-state index contributed by atoms with van der Waals surface area (Å²) in [5.74, 6) is -86.0. The lowest BCUT2D eigenvalue weighted by Gasteiger charge is -2.67. The number of aliphatic hydroxyl groups is 1. The summed E-state index contributed by atoms with van der Waals surface area (Å²) in [5.41, 5.74) is -34.9. The lowest BCUT2D eigenvalue weighted by molar-refractivity contribution is -0.547. The van der Waals surface area contributed by atoms with Crippen LogP contribution in [0.5, 0.6) is 0 Å². The number of hydrogen-bond acceptors (Lipinski definition) is 15. The van der Waals surface area contributed by atoms with Gasteiger partial charge in [-0.1, -0.05) is 46.1 Å². The zero-order valence-electron chi connectivity index (χ0n) is 37.0. The van der Waals surface area contributed by atoms with Gasteiger partial charge in [0.1, 0.15) is 13.3 Å². The average Bonchev–Trinajstić information content (AvgIpc) is 3.33. The van der Waals surface area contributed by atoms with Crippen molar-refractivity contribution in [3.8, 4) is 0 Å². The lowest BCUT2D eigenvalue weighted by Crippen LogP contribution is -2.98. The Morgan fingerprint density at radius 1 is 0.342 bits per heavy atom. The zero-order valence-corrected chi connectivity index (χ0v) is 37.0. The van der Waals surface area contributed by atoms with Gasteiger partial charge in [-0.15, -0.1) is 0 Å². The molecule has 0 aromatic rings. The van der Waals surface area contributed by atoms with Crippen LogP contribution in [-0.4, -0.2) is 153 Å². The van der Waals surface area contributed by atoms with Crippen molar-refractivity contribution in [1.82, 2.24) is 0 Å². The molecule has 76 heavy (non-hydrogen) atoms. The molecule has 4 aliphatic rings. The van der Waals surface area contributed by atoms with Crippen molar-refractivity contribution in [1.29, 1.82) is 0 Å². The van der Waals surface area contributed by atoms with Crippen LogP contribution in [0.1, 0.15) is 12.8 Å². The highest BCUT2D eigenvalue weighted by Crippen LogP contribution is 2.79. The predicted octanol–water partition coefficient (Wildman–Crippen LogP) is 6.69. The Kier molecular flexibility index (Phi) is 15.5. The summed E-state index contributed by atoms with van der Waals surface area (Å²) in [5, 5.41) is 10.1. The molecule has 0 saturated heterocycles. The van der Waals surface area contributed by atoms with Crippen LogP contribution in [0.3, 0.4) is 0 Å². The maximum Gasteiger partial charge on any atom is 0.386 e. The van der Waals surface area contributed by atoms with Crippen LogP contribution in [0.2, 0.25) is 0 Å². The topological polar surface area (TPSA) is 204 Å². The van der Waals surface area contributed by atoms with E-state index in [9.17, 15) is 47.4 Å². The summed E-state index contributed by atoms with van der Waals surface area (Å²) in [6.45, 7) is 12.1. The van der Waals surface area contributed by atoms with E-state index in [1.807, 2.05) is 0 Å². The molecule has 0 amide bonds. The van der Waals surface area contributed by atoms with Crippen LogP contribution in [0.25, 0.3) is 0 Å². The number of hydrogen-bond donors (Lipinski definition) is 1. The van der Waals surface area contributed by atoms with Crippen LogP contribution in [0, 0.1) is 0 Å². The van der Waals surface area contributed by atoms with E-state index in [2.05, 4.69) is 79.2 Å². The molecule has 0 aromatic carbocycles. The summed E-state index contributed by atoms with van der Waals surface area (Å²) in [7, 11) is 0. The molecule has 4 aliphatic carbocycles. The molecule has 8 unspecified atom stereocenters. The molecule has 4 bridgehead atoms. The van der Waals surface area contributed by atoms with Gasteiger partial charge >= 0.3 is 112 Å². The molecule has 4 saturated carbocycles. The van der Waals surface area contributed by atoms with Crippen LogP contribution >= 0.6 is 0 Å². The molecule has 0 aliphatic heterocycles. The van der Waals surface area contributed by atoms with Crippen LogP contribution in [-0.2, 0) is 66.7 Å². The standard InChI is InChI=1S/C22H16F10O8.C19H14F10O7/c1-5-11(33)37-15(10-23)9-16(38-12(34)6-2)19(26,27)17(18(15,24)25,39-13(35)7-3)21(30,31)22(32,20(16,28)29)40-14(36)8-4;1-4-9(30)34-13-7-12(33,8-20)15(21,22)14(16(13,23)24,35-10(31)5-2)18(27,28)19(29,17(13,25)26)36-11(32)6-3/h5-8H,1-4,9-10H2;4-6,33H,1-3,7-8H2. The maximum atomic E-state index is 16.1. The van der Waals surface area contributed by atoms with Gasteiger partial charge in [0, 0.05) is 55.4 Å². The number of esters is 7. The Morgan fingerprint density at radius 2 is 0.605 bits per heavy atom. The minimum Gasteiger partial charge on any atom is -0.446 e. The molecular weight excluding hydrogens is 1110 g/mol. The number of carbonyl (C=O) groups excluding carboxylic acids is 7. The highest BCUT2D eigenvalue weighted by atomic mass is 19.3. The van der Waals surface area contributed by atoms with E-state index in [-0.39, 0.29) is 42.5 Å². The summed E-state index contributed by atoms with van der Waals surface area (Å²) in [4.78, 5) is 82.2. The lowest BCUT2D eigenvalue weighted by atomic mass is 9.51. The fourth-order valence-electron chi connectivity index (χ4n) is 8.41. The quantitative estimate of drug-likeness (QED) is 0.0740. The molecule has 4 fully saturated rings. The molecule has 0 aromatic heterocycles. The fourth-order valence-corrected chi connectivity index (χ4v) is 8.41. The van der Waals surface area contributed by atoms with Gasteiger partial charge in [0.25, 0.3) is 11.2 Å². The summed E-state index contributed by atoms with van der Waals surface area (Å²) >= 11 is 0. The molecule has 4 rings (SSSR count). The number of carbonyl (C=O) groups is 7. The number of fused-ring (bicyclic) bond motifs is 4. The molecule has 0 spiro atoms. The second kappa shape index (κ2) is 18.6. The second-order valence-corrected chi connectivity index (χ2v) is 15.8. The molecular formula is C41H30F20O15. The van der Waals surface area contributed by atoms with Gasteiger partial charge < -0.3 is 38.3 Å². The number of halogens is 20. The molecule has 424 valence electrons. The van der Waals surface area contributed by atoms with E-state index in [0.29, 0.717) is 0 Å². The fraction of sp³-hybridized carbons (Fsp3) is 0.488. The number of ether oxygens (including phenoxy) is 7. The summed E-state index contributed by atoms with van der Waals surface area (Å²) < 4.78 is 337. The zero-order chi connectivity index (χ0) is 59.8. The number of rotatable bonds is 16. The minimum absolute atomic E-state index is 0.0670. The van der Waals surface area contributed by atoms with Crippen molar-refractivity contribution >= 4 is 41.8 Å². The van der Waals surface area contributed by atoms with E-state index in [0.717, 1.165) is 0 Å². The van der Waals surface area contributed by atoms with E-state index < -0.39 is 161 Å². The van der Waals surface area contributed by atoms with E-state index in [1.165, 1.54) is 0 Å². The van der Waals surface area contributed by atoms with Crippen molar-refractivity contribution in [2.24, 2.45) is 0 Å². The predicted molar refractivity (Wildman–Crippen MR) is 201 cm³/mol. The van der Waals surface area contributed by atoms with Crippen LogP contribution in [0.15, 0.2) is 88.6 Å². The molecule has 15 nitrogen and oxygen atoms in total. The first-order valence-electron chi connectivity index (χ1n) is 19.4. The van der Waals surface area contributed by atoms with E-state index >= 15 is 79.0 Å². The highest BCUT2D eigenvalue weighted by molar-refractivity contribution is 5.86. The number of alkyl halides is 20. The Morgan fingerprint density at radius 3 is 0.895 bits per heavy atom. The maximum absolute atomic E-state index is 16.1.